The Hall–Kier alpha value is -2.96. The van der Waals surface area contributed by atoms with Crippen LogP contribution in [0.3, 0.4) is 0 Å². The normalized spacial score (nSPS) is 14.7. The van der Waals surface area contributed by atoms with E-state index in [-0.39, 0.29) is 23.5 Å². The number of rotatable bonds is 4. The summed E-state index contributed by atoms with van der Waals surface area (Å²) < 4.78 is 14.4. The largest absolute Gasteiger partial charge is 0.503 e. The fourth-order valence-electron chi connectivity index (χ4n) is 2.39. The van der Waals surface area contributed by atoms with E-state index in [4.69, 9.17) is 0 Å². The van der Waals surface area contributed by atoms with E-state index in [1.807, 2.05) is 0 Å². The maximum atomic E-state index is 12.9. The quantitative estimate of drug-likeness (QED) is 0.868. The maximum absolute atomic E-state index is 12.9. The number of aliphatic hydroxyl groups excluding tert-OH is 1. The van der Waals surface area contributed by atoms with Crippen molar-refractivity contribution < 1.29 is 19.1 Å². The fourth-order valence-corrected chi connectivity index (χ4v) is 2.39. The predicted molar refractivity (Wildman–Crippen MR) is 79.4 cm³/mol. The van der Waals surface area contributed by atoms with Crippen molar-refractivity contribution in [2.24, 2.45) is 0 Å². The summed E-state index contributed by atoms with van der Waals surface area (Å²) in [6, 6.07) is 5.98. The van der Waals surface area contributed by atoms with Crippen molar-refractivity contribution in [3.63, 3.8) is 0 Å². The van der Waals surface area contributed by atoms with Gasteiger partial charge in [-0.3, -0.25) is 14.3 Å². The first-order chi connectivity index (χ1) is 11.0. The number of carbonyl (C=O) groups is 2. The van der Waals surface area contributed by atoms with Crippen molar-refractivity contribution in [3.8, 4) is 0 Å². The Kier molecular flexibility index (Phi) is 3.69. The van der Waals surface area contributed by atoms with Gasteiger partial charge < -0.3 is 10.0 Å². The Bertz CT molecular complexity index is 808. The van der Waals surface area contributed by atoms with Crippen LogP contribution in [0.1, 0.15) is 15.9 Å². The van der Waals surface area contributed by atoms with Crippen LogP contribution in [-0.4, -0.2) is 45.1 Å². The molecule has 118 valence electrons. The molecule has 7 heteroatoms. The number of aliphatic hydroxyl groups is 1. The molecule has 6 nitrogen and oxygen atoms in total. The van der Waals surface area contributed by atoms with Crippen molar-refractivity contribution in [2.45, 2.75) is 6.54 Å². The van der Waals surface area contributed by atoms with E-state index in [0.717, 1.165) is 5.56 Å². The topological polar surface area (TPSA) is 75.4 Å². The first kappa shape index (κ1) is 15.0. The smallest absolute Gasteiger partial charge is 0.289 e. The minimum Gasteiger partial charge on any atom is -0.503 e. The van der Waals surface area contributed by atoms with E-state index in [1.165, 1.54) is 36.5 Å². The van der Waals surface area contributed by atoms with E-state index in [2.05, 4.69) is 5.10 Å². The van der Waals surface area contributed by atoms with Crippen LogP contribution in [-0.2, 0) is 11.3 Å². The van der Waals surface area contributed by atoms with Gasteiger partial charge in [0.2, 0.25) is 0 Å². The van der Waals surface area contributed by atoms with Crippen LogP contribution in [0.5, 0.6) is 0 Å². The number of benzene rings is 1. The number of ketones is 1. The zero-order valence-electron chi connectivity index (χ0n) is 12.4. The number of likely N-dealkylation sites (N-methyl/N-ethyl adjacent to an activating group) is 1. The first-order valence-electron chi connectivity index (χ1n) is 6.95. The van der Waals surface area contributed by atoms with Crippen LogP contribution in [0, 0.1) is 5.82 Å². The van der Waals surface area contributed by atoms with Gasteiger partial charge in [0.1, 0.15) is 5.82 Å². The summed E-state index contributed by atoms with van der Waals surface area (Å²) in [7, 11) is 1.51. The monoisotopic (exact) mass is 315 g/mol. The third kappa shape index (κ3) is 2.85. The van der Waals surface area contributed by atoms with Crippen molar-refractivity contribution in [1.29, 1.82) is 0 Å². The molecule has 0 aliphatic carbocycles. The zero-order valence-corrected chi connectivity index (χ0v) is 12.4. The molecule has 1 aromatic heterocycles. The number of Topliss-reactive ketones (excluding diaryl/α,β-unsaturated/α-hetero) is 1. The molecule has 1 aromatic carbocycles. The van der Waals surface area contributed by atoms with Crippen LogP contribution in [0.2, 0.25) is 0 Å². The Morgan fingerprint density at radius 3 is 2.65 bits per heavy atom. The van der Waals surface area contributed by atoms with Crippen molar-refractivity contribution in [3.05, 3.63) is 64.9 Å². The summed E-state index contributed by atoms with van der Waals surface area (Å²) in [6.07, 6.45) is 2.92. The second-order valence-corrected chi connectivity index (χ2v) is 5.37. The lowest BCUT2D eigenvalue weighted by Crippen LogP contribution is -2.22. The van der Waals surface area contributed by atoms with Crippen molar-refractivity contribution in [2.75, 3.05) is 13.6 Å². The number of aromatic nitrogens is 2. The molecule has 0 radical (unpaired) electrons. The standard InChI is InChI=1S/C16H14FN3O3/c1-19-9-13(15(22)16(19)23)14(21)11-6-18-20(8-11)7-10-2-4-12(17)5-3-10/h2-6,8,22H,7,9H2,1H3. The molecule has 0 spiro atoms. The first-order valence-corrected chi connectivity index (χ1v) is 6.95. The molecule has 2 heterocycles. The fraction of sp³-hybridized carbons (Fsp3) is 0.188. The van der Waals surface area contributed by atoms with Crippen LogP contribution in [0.15, 0.2) is 48.0 Å². The highest BCUT2D eigenvalue weighted by Crippen LogP contribution is 2.19. The average Bonchev–Trinajstić information content (AvgIpc) is 3.10. The van der Waals surface area contributed by atoms with Gasteiger partial charge in [-0.25, -0.2) is 4.39 Å². The molecule has 3 rings (SSSR count). The van der Waals surface area contributed by atoms with Gasteiger partial charge in [-0.15, -0.1) is 0 Å². The van der Waals surface area contributed by atoms with Crippen molar-refractivity contribution >= 4 is 11.7 Å². The molecule has 1 aliphatic rings. The molecule has 1 N–H and O–H groups in total. The predicted octanol–water partition coefficient (Wildman–Crippen LogP) is 1.54. The Balaban J connectivity index is 1.78. The zero-order chi connectivity index (χ0) is 16.6. The minimum absolute atomic E-state index is 0.0684. The van der Waals surface area contributed by atoms with E-state index in [0.29, 0.717) is 6.54 Å². The van der Waals surface area contributed by atoms with E-state index < -0.39 is 17.4 Å². The molecule has 2 aromatic rings. The highest BCUT2D eigenvalue weighted by Gasteiger charge is 2.32. The maximum Gasteiger partial charge on any atom is 0.289 e. The van der Waals surface area contributed by atoms with E-state index >= 15 is 0 Å². The summed E-state index contributed by atoms with van der Waals surface area (Å²) in [5.74, 6) is -1.82. The third-order valence-electron chi connectivity index (χ3n) is 3.66. The van der Waals surface area contributed by atoms with Gasteiger partial charge in [0.25, 0.3) is 5.91 Å². The SMILES string of the molecule is CN1CC(C(=O)c2cnn(Cc3ccc(F)cc3)c2)=C(O)C1=O. The molecule has 0 saturated carbocycles. The molecular weight excluding hydrogens is 301 g/mol. The van der Waals surface area contributed by atoms with E-state index in [9.17, 15) is 19.1 Å². The van der Waals surface area contributed by atoms with Gasteiger partial charge in [0.05, 0.1) is 30.4 Å². The van der Waals surface area contributed by atoms with E-state index in [1.54, 1.807) is 16.8 Å². The minimum atomic E-state index is -0.563. The van der Waals surface area contributed by atoms with Gasteiger partial charge in [-0.05, 0) is 17.7 Å². The van der Waals surface area contributed by atoms with Crippen LogP contribution in [0.4, 0.5) is 4.39 Å². The van der Waals surface area contributed by atoms with Crippen LogP contribution < -0.4 is 0 Å². The summed E-state index contributed by atoms with van der Waals surface area (Å²) in [4.78, 5) is 25.2. The summed E-state index contributed by atoms with van der Waals surface area (Å²) >= 11 is 0. The Labute approximate surface area is 131 Å². The number of hydrogen-bond acceptors (Lipinski definition) is 4. The lowest BCUT2D eigenvalue weighted by molar-refractivity contribution is -0.126. The molecule has 0 unspecified atom stereocenters. The van der Waals surface area contributed by atoms with Crippen LogP contribution in [0.25, 0.3) is 0 Å². The highest BCUT2D eigenvalue weighted by atomic mass is 19.1. The second-order valence-electron chi connectivity index (χ2n) is 5.37. The molecule has 1 aliphatic heterocycles. The summed E-state index contributed by atoms with van der Waals surface area (Å²) in [6.45, 7) is 0.462. The number of amides is 1. The molecule has 1 amide bonds. The van der Waals surface area contributed by atoms with Gasteiger partial charge in [0.15, 0.2) is 11.5 Å². The lowest BCUT2D eigenvalue weighted by atomic mass is 10.1. The van der Waals surface area contributed by atoms with Crippen molar-refractivity contribution in [1.82, 2.24) is 14.7 Å². The molecule has 0 atom stereocenters. The molecule has 0 fully saturated rings. The average molecular weight is 315 g/mol. The van der Waals surface area contributed by atoms with Crippen LogP contribution >= 0.6 is 0 Å². The molecule has 23 heavy (non-hydrogen) atoms. The molecule has 0 saturated heterocycles. The Morgan fingerprint density at radius 1 is 1.35 bits per heavy atom. The number of nitrogens with zero attached hydrogens (tertiary/aromatic N) is 3. The summed E-state index contributed by atoms with van der Waals surface area (Å²) in [5.41, 5.74) is 1.20. The highest BCUT2D eigenvalue weighted by molar-refractivity contribution is 6.15. The van der Waals surface area contributed by atoms with Gasteiger partial charge >= 0.3 is 0 Å². The molecular formula is C16H14FN3O3. The second kappa shape index (κ2) is 5.68. The third-order valence-corrected chi connectivity index (χ3v) is 3.66. The number of carbonyl (C=O) groups excluding carboxylic acids is 2. The molecule has 0 bridgehead atoms. The van der Waals surface area contributed by atoms with Gasteiger partial charge in [-0.1, -0.05) is 12.1 Å². The lowest BCUT2D eigenvalue weighted by Gasteiger charge is -2.06. The Morgan fingerprint density at radius 2 is 2.04 bits per heavy atom. The van der Waals surface area contributed by atoms with Gasteiger partial charge in [-0.2, -0.15) is 5.10 Å². The van der Waals surface area contributed by atoms with Gasteiger partial charge in [0, 0.05) is 13.2 Å². The summed E-state index contributed by atoms with van der Waals surface area (Å²) in [5, 5.41) is 13.8. The number of halogens is 1. The number of hydrogen-bond donors (Lipinski definition) is 1.